The van der Waals surface area contributed by atoms with Crippen LogP contribution in [0.1, 0.15) is 32.6 Å². The maximum Gasteiger partial charge on any atom is 0.233 e. The van der Waals surface area contributed by atoms with E-state index in [1.807, 2.05) is 11.0 Å². The number of piperidine rings is 1. The number of aromatic nitrogens is 4. The fourth-order valence-electron chi connectivity index (χ4n) is 3.34. The maximum absolute atomic E-state index is 12.7. The van der Waals surface area contributed by atoms with Crippen LogP contribution in [-0.2, 0) is 4.79 Å². The minimum atomic E-state index is 0.138. The summed E-state index contributed by atoms with van der Waals surface area (Å²) in [5.74, 6) is 1.74. The van der Waals surface area contributed by atoms with Gasteiger partial charge in [0, 0.05) is 18.7 Å². The molecule has 1 atom stereocenters. The molecule has 0 saturated carbocycles. The van der Waals surface area contributed by atoms with E-state index >= 15 is 0 Å². The van der Waals surface area contributed by atoms with Crippen molar-refractivity contribution in [3.05, 3.63) is 18.2 Å². The Morgan fingerprint density at radius 2 is 2.15 bits per heavy atom. The van der Waals surface area contributed by atoms with Gasteiger partial charge in [-0.1, -0.05) is 18.7 Å². The molecule has 1 saturated heterocycles. The van der Waals surface area contributed by atoms with E-state index in [9.17, 15) is 4.79 Å². The van der Waals surface area contributed by atoms with Gasteiger partial charge in [-0.2, -0.15) is 4.68 Å². The van der Waals surface area contributed by atoms with Crippen molar-refractivity contribution in [2.45, 2.75) is 43.8 Å². The molecule has 2 heterocycles. The molecule has 1 fully saturated rings. The fourth-order valence-corrected chi connectivity index (χ4v) is 4.11. The molecule has 27 heavy (non-hydrogen) atoms. The van der Waals surface area contributed by atoms with Crippen LogP contribution in [0.15, 0.2) is 23.4 Å². The SMILES string of the molecule is CCC1CCCCN1C(=O)CSc1nnnn1-c1cc(OC)ccc1OC. The number of carbonyl (C=O) groups is 1. The first-order valence-electron chi connectivity index (χ1n) is 9.11. The van der Waals surface area contributed by atoms with Gasteiger partial charge in [-0.25, -0.2) is 0 Å². The third-order valence-corrected chi connectivity index (χ3v) is 5.70. The van der Waals surface area contributed by atoms with Gasteiger partial charge in [-0.05, 0) is 48.2 Å². The molecule has 146 valence electrons. The van der Waals surface area contributed by atoms with E-state index in [2.05, 4.69) is 22.4 Å². The summed E-state index contributed by atoms with van der Waals surface area (Å²) < 4.78 is 12.3. The highest BCUT2D eigenvalue weighted by Gasteiger charge is 2.26. The van der Waals surface area contributed by atoms with Crippen molar-refractivity contribution in [2.24, 2.45) is 0 Å². The van der Waals surface area contributed by atoms with Gasteiger partial charge in [0.1, 0.15) is 17.2 Å². The maximum atomic E-state index is 12.7. The molecule has 0 aliphatic carbocycles. The van der Waals surface area contributed by atoms with Crippen molar-refractivity contribution >= 4 is 17.7 Å². The number of hydrogen-bond acceptors (Lipinski definition) is 7. The van der Waals surface area contributed by atoms with Gasteiger partial charge in [0.05, 0.1) is 20.0 Å². The third kappa shape index (κ3) is 4.35. The van der Waals surface area contributed by atoms with Crippen LogP contribution >= 0.6 is 11.8 Å². The van der Waals surface area contributed by atoms with Crippen LogP contribution in [0.25, 0.3) is 5.69 Å². The lowest BCUT2D eigenvalue weighted by Gasteiger charge is -2.35. The molecule has 8 nitrogen and oxygen atoms in total. The number of hydrogen-bond donors (Lipinski definition) is 0. The molecular weight excluding hydrogens is 366 g/mol. The zero-order valence-electron chi connectivity index (χ0n) is 15.9. The quantitative estimate of drug-likeness (QED) is 0.671. The van der Waals surface area contributed by atoms with Crippen LogP contribution in [0, 0.1) is 0 Å². The Morgan fingerprint density at radius 3 is 2.89 bits per heavy atom. The number of tetrazole rings is 1. The van der Waals surface area contributed by atoms with Gasteiger partial charge in [-0.3, -0.25) is 4.79 Å². The average molecular weight is 391 g/mol. The number of ether oxygens (including phenoxy) is 2. The largest absolute Gasteiger partial charge is 0.497 e. The van der Waals surface area contributed by atoms with Crippen LogP contribution in [0.4, 0.5) is 0 Å². The number of methoxy groups -OCH3 is 2. The number of thioether (sulfide) groups is 1. The highest BCUT2D eigenvalue weighted by atomic mass is 32.2. The Labute approximate surface area is 163 Å². The number of nitrogens with zero attached hydrogens (tertiary/aromatic N) is 5. The standard InChI is InChI=1S/C18H25N5O3S/c1-4-13-7-5-6-10-22(13)17(24)12-27-18-19-20-21-23(18)15-11-14(25-2)8-9-16(15)26-3/h8-9,11,13H,4-7,10,12H2,1-3H3. The van der Waals surface area contributed by atoms with Crippen molar-refractivity contribution in [2.75, 3.05) is 26.5 Å². The van der Waals surface area contributed by atoms with Crippen LogP contribution in [0.3, 0.4) is 0 Å². The van der Waals surface area contributed by atoms with Crippen molar-refractivity contribution in [3.8, 4) is 17.2 Å². The molecule has 0 N–H and O–H groups in total. The zero-order valence-corrected chi connectivity index (χ0v) is 16.7. The highest BCUT2D eigenvalue weighted by Crippen LogP contribution is 2.30. The van der Waals surface area contributed by atoms with Crippen LogP contribution < -0.4 is 9.47 Å². The topological polar surface area (TPSA) is 82.4 Å². The molecule has 1 aliphatic heterocycles. The second-order valence-corrected chi connectivity index (χ2v) is 7.29. The van der Waals surface area contributed by atoms with E-state index < -0.39 is 0 Å². The van der Waals surface area contributed by atoms with Gasteiger partial charge in [0.2, 0.25) is 11.1 Å². The first-order valence-corrected chi connectivity index (χ1v) is 10.1. The molecule has 1 aliphatic rings. The normalized spacial score (nSPS) is 17.0. The monoisotopic (exact) mass is 391 g/mol. The van der Waals surface area contributed by atoms with E-state index in [4.69, 9.17) is 9.47 Å². The lowest BCUT2D eigenvalue weighted by molar-refractivity contribution is -0.132. The van der Waals surface area contributed by atoms with Crippen LogP contribution in [0.5, 0.6) is 11.5 Å². The zero-order chi connectivity index (χ0) is 19.2. The molecule has 1 amide bonds. The van der Waals surface area contributed by atoms with E-state index in [0.29, 0.717) is 34.1 Å². The van der Waals surface area contributed by atoms with Gasteiger partial charge >= 0.3 is 0 Å². The van der Waals surface area contributed by atoms with E-state index in [0.717, 1.165) is 25.8 Å². The molecule has 0 radical (unpaired) electrons. The number of rotatable bonds is 7. The lowest BCUT2D eigenvalue weighted by Crippen LogP contribution is -2.44. The van der Waals surface area contributed by atoms with Crippen molar-refractivity contribution in [1.29, 1.82) is 0 Å². The molecule has 0 bridgehead atoms. The first kappa shape index (κ1) is 19.5. The Hall–Kier alpha value is -2.29. The summed E-state index contributed by atoms with van der Waals surface area (Å²) in [4.78, 5) is 14.7. The Bertz CT molecular complexity index is 782. The summed E-state index contributed by atoms with van der Waals surface area (Å²) in [6.45, 7) is 2.98. The molecule has 0 spiro atoms. The molecule has 2 aromatic rings. The number of amides is 1. The predicted molar refractivity (Wildman–Crippen MR) is 103 cm³/mol. The summed E-state index contributed by atoms with van der Waals surface area (Å²) in [6.07, 6.45) is 4.36. The second kappa shape index (κ2) is 9.07. The molecule has 3 rings (SSSR count). The molecule has 9 heteroatoms. The number of carbonyl (C=O) groups excluding carboxylic acids is 1. The Morgan fingerprint density at radius 1 is 1.30 bits per heavy atom. The molecule has 1 aromatic carbocycles. The first-order chi connectivity index (χ1) is 13.2. The van der Waals surface area contributed by atoms with Crippen molar-refractivity contribution in [3.63, 3.8) is 0 Å². The van der Waals surface area contributed by atoms with Crippen LogP contribution in [-0.4, -0.2) is 63.6 Å². The fraction of sp³-hybridized carbons (Fsp3) is 0.556. The summed E-state index contributed by atoms with van der Waals surface area (Å²) >= 11 is 1.33. The molecule has 1 aromatic heterocycles. The third-order valence-electron chi connectivity index (χ3n) is 4.80. The number of likely N-dealkylation sites (tertiary alicyclic amines) is 1. The lowest BCUT2D eigenvalue weighted by atomic mass is 10.0. The second-order valence-electron chi connectivity index (χ2n) is 6.34. The predicted octanol–water partition coefficient (Wildman–Crippen LogP) is 2.56. The summed E-state index contributed by atoms with van der Waals surface area (Å²) in [6, 6.07) is 5.76. The molecular formula is C18H25N5O3S. The Kier molecular flexibility index (Phi) is 6.54. The average Bonchev–Trinajstić information content (AvgIpc) is 3.19. The van der Waals surface area contributed by atoms with Gasteiger partial charge < -0.3 is 14.4 Å². The van der Waals surface area contributed by atoms with Gasteiger partial charge in [-0.15, -0.1) is 5.10 Å². The molecule has 1 unspecified atom stereocenters. The van der Waals surface area contributed by atoms with E-state index in [-0.39, 0.29) is 5.91 Å². The highest BCUT2D eigenvalue weighted by molar-refractivity contribution is 7.99. The van der Waals surface area contributed by atoms with Gasteiger partial charge in [0.25, 0.3) is 0 Å². The summed E-state index contributed by atoms with van der Waals surface area (Å²) in [5.41, 5.74) is 0.668. The van der Waals surface area contributed by atoms with E-state index in [1.165, 1.54) is 18.2 Å². The van der Waals surface area contributed by atoms with Crippen molar-refractivity contribution in [1.82, 2.24) is 25.1 Å². The minimum absolute atomic E-state index is 0.138. The Balaban J connectivity index is 1.75. The minimum Gasteiger partial charge on any atom is -0.497 e. The summed E-state index contributed by atoms with van der Waals surface area (Å²) in [7, 11) is 3.19. The summed E-state index contributed by atoms with van der Waals surface area (Å²) in [5, 5.41) is 12.5. The van der Waals surface area contributed by atoms with Crippen molar-refractivity contribution < 1.29 is 14.3 Å². The van der Waals surface area contributed by atoms with Gasteiger partial charge in [0.15, 0.2) is 0 Å². The van der Waals surface area contributed by atoms with E-state index in [1.54, 1.807) is 31.0 Å². The smallest absolute Gasteiger partial charge is 0.233 e. The number of benzene rings is 1. The van der Waals surface area contributed by atoms with Crippen LogP contribution in [0.2, 0.25) is 0 Å².